The lowest BCUT2D eigenvalue weighted by molar-refractivity contribution is 0.896. The SMILES string of the molecule is CC(C)=CCC/C(C)=C/CC/C(C)=C/CC/C(C)=C/CC/C(C)=N\c1cc(Cl)c(NC2=NCCN2)c(Cl)c1. The van der Waals surface area contributed by atoms with Gasteiger partial charge in [0.05, 0.1) is 28.0 Å². The Bertz CT molecular complexity index is 1080. The quantitative estimate of drug-likeness (QED) is 0.177. The Hall–Kier alpha value is -2.30. The summed E-state index contributed by atoms with van der Waals surface area (Å²) >= 11 is 12.9. The fourth-order valence-electron chi connectivity index (χ4n) is 4.13. The van der Waals surface area contributed by atoms with Crippen molar-refractivity contribution in [3.05, 3.63) is 68.8 Å². The highest BCUT2D eigenvalue weighted by Crippen LogP contribution is 2.35. The Labute approximate surface area is 241 Å². The molecule has 38 heavy (non-hydrogen) atoms. The number of hydrogen-bond acceptors (Lipinski definition) is 4. The molecule has 1 aliphatic heterocycles. The Morgan fingerprint density at radius 1 is 0.816 bits per heavy atom. The molecule has 0 saturated carbocycles. The van der Waals surface area contributed by atoms with Crippen LogP contribution in [0.15, 0.2) is 68.7 Å². The second-order valence-electron chi connectivity index (χ2n) is 10.5. The fraction of sp³-hybridized carbons (Fsp3) is 0.500. The summed E-state index contributed by atoms with van der Waals surface area (Å²) in [7, 11) is 0. The highest BCUT2D eigenvalue weighted by molar-refractivity contribution is 6.40. The van der Waals surface area contributed by atoms with Gasteiger partial charge in [-0.25, -0.2) is 0 Å². The van der Waals surface area contributed by atoms with Crippen LogP contribution in [0.3, 0.4) is 0 Å². The van der Waals surface area contributed by atoms with Crippen LogP contribution in [0.25, 0.3) is 0 Å². The van der Waals surface area contributed by atoms with Gasteiger partial charge in [-0.3, -0.25) is 9.98 Å². The maximum atomic E-state index is 6.46. The molecule has 1 aromatic rings. The van der Waals surface area contributed by atoms with Crippen molar-refractivity contribution in [3.63, 3.8) is 0 Å². The second kappa shape index (κ2) is 17.3. The maximum absolute atomic E-state index is 6.46. The summed E-state index contributed by atoms with van der Waals surface area (Å²) in [4.78, 5) is 9.05. The molecule has 0 fully saturated rings. The molecule has 0 aliphatic carbocycles. The minimum absolute atomic E-state index is 0.533. The average molecular weight is 558 g/mol. The fourth-order valence-corrected chi connectivity index (χ4v) is 4.70. The van der Waals surface area contributed by atoms with E-state index in [0.29, 0.717) is 21.7 Å². The topological polar surface area (TPSA) is 48.8 Å². The van der Waals surface area contributed by atoms with Gasteiger partial charge in [-0.05, 0) is 105 Å². The molecule has 2 N–H and O–H groups in total. The highest BCUT2D eigenvalue weighted by atomic mass is 35.5. The molecule has 2 rings (SSSR count). The van der Waals surface area contributed by atoms with Gasteiger partial charge in [0.1, 0.15) is 0 Å². The number of benzene rings is 1. The van der Waals surface area contributed by atoms with Crippen molar-refractivity contribution < 1.29 is 0 Å². The molecular weight excluding hydrogens is 511 g/mol. The number of nitrogens with one attached hydrogen (secondary N) is 2. The summed E-state index contributed by atoms with van der Waals surface area (Å²) in [5, 5.41) is 7.39. The third-order valence-corrected chi connectivity index (χ3v) is 7.01. The zero-order valence-electron chi connectivity index (χ0n) is 24.2. The maximum Gasteiger partial charge on any atom is 0.196 e. The first-order chi connectivity index (χ1) is 18.1. The van der Waals surface area contributed by atoms with Gasteiger partial charge in [-0.15, -0.1) is 0 Å². The van der Waals surface area contributed by atoms with Gasteiger partial charge in [-0.1, -0.05) is 69.8 Å². The number of halogens is 2. The molecule has 0 unspecified atom stereocenters. The van der Waals surface area contributed by atoms with E-state index in [-0.39, 0.29) is 0 Å². The lowest BCUT2D eigenvalue weighted by Gasteiger charge is -2.11. The van der Waals surface area contributed by atoms with Crippen molar-refractivity contribution in [2.45, 2.75) is 92.9 Å². The zero-order chi connectivity index (χ0) is 27.9. The number of aliphatic imine (C=N–C) groups is 2. The summed E-state index contributed by atoms with van der Waals surface area (Å²) in [6, 6.07) is 3.68. The summed E-state index contributed by atoms with van der Waals surface area (Å²) in [5.41, 5.74) is 8.31. The van der Waals surface area contributed by atoms with Crippen LogP contribution < -0.4 is 10.6 Å². The number of allylic oxidation sites excluding steroid dienone is 8. The predicted octanol–water partition coefficient (Wildman–Crippen LogP) is 10.4. The molecule has 0 aromatic heterocycles. The molecule has 0 atom stereocenters. The van der Waals surface area contributed by atoms with Crippen molar-refractivity contribution in [2.75, 3.05) is 18.4 Å². The van der Waals surface area contributed by atoms with E-state index in [0.717, 1.165) is 69.4 Å². The predicted molar refractivity (Wildman–Crippen MR) is 171 cm³/mol. The van der Waals surface area contributed by atoms with E-state index in [9.17, 15) is 0 Å². The van der Waals surface area contributed by atoms with E-state index in [4.69, 9.17) is 28.2 Å². The molecule has 6 heteroatoms. The molecule has 0 saturated heterocycles. The Morgan fingerprint density at radius 3 is 1.79 bits per heavy atom. The van der Waals surface area contributed by atoms with E-state index in [1.807, 2.05) is 12.1 Å². The third-order valence-electron chi connectivity index (χ3n) is 6.42. The molecule has 4 nitrogen and oxygen atoms in total. The van der Waals surface area contributed by atoms with E-state index in [1.54, 1.807) is 0 Å². The molecular formula is C32H46Cl2N4. The van der Waals surface area contributed by atoms with Crippen LogP contribution in [0, 0.1) is 0 Å². The van der Waals surface area contributed by atoms with Gasteiger partial charge in [0.15, 0.2) is 5.96 Å². The highest BCUT2D eigenvalue weighted by Gasteiger charge is 2.12. The van der Waals surface area contributed by atoms with Crippen molar-refractivity contribution in [1.82, 2.24) is 5.32 Å². The Balaban J connectivity index is 1.74. The number of rotatable bonds is 14. The Morgan fingerprint density at radius 2 is 1.32 bits per heavy atom. The number of nitrogens with zero attached hydrogens (tertiary/aromatic N) is 2. The van der Waals surface area contributed by atoms with Crippen LogP contribution in [-0.4, -0.2) is 24.8 Å². The lowest BCUT2D eigenvalue weighted by atomic mass is 10.0. The van der Waals surface area contributed by atoms with Crippen molar-refractivity contribution in [1.29, 1.82) is 0 Å². The number of anilines is 1. The summed E-state index contributed by atoms with van der Waals surface area (Å²) in [6.07, 6.45) is 18.2. The van der Waals surface area contributed by atoms with Crippen LogP contribution >= 0.6 is 23.2 Å². The minimum atomic E-state index is 0.533. The van der Waals surface area contributed by atoms with Crippen LogP contribution in [-0.2, 0) is 0 Å². The smallest absolute Gasteiger partial charge is 0.196 e. The average Bonchev–Trinajstić information content (AvgIpc) is 3.34. The molecule has 0 spiro atoms. The van der Waals surface area contributed by atoms with Crippen molar-refractivity contribution in [2.24, 2.45) is 9.98 Å². The molecule has 1 heterocycles. The lowest BCUT2D eigenvalue weighted by Crippen LogP contribution is -2.26. The van der Waals surface area contributed by atoms with Crippen LogP contribution in [0.2, 0.25) is 10.0 Å². The Kier molecular flexibility index (Phi) is 14.5. The van der Waals surface area contributed by atoms with Gasteiger partial charge in [0, 0.05) is 12.3 Å². The molecule has 208 valence electrons. The van der Waals surface area contributed by atoms with Crippen LogP contribution in [0.1, 0.15) is 92.9 Å². The van der Waals surface area contributed by atoms with Crippen LogP contribution in [0.4, 0.5) is 11.4 Å². The van der Waals surface area contributed by atoms with Gasteiger partial charge in [0.2, 0.25) is 0 Å². The first-order valence-corrected chi connectivity index (χ1v) is 14.6. The van der Waals surface area contributed by atoms with E-state index >= 15 is 0 Å². The van der Waals surface area contributed by atoms with Gasteiger partial charge in [0.25, 0.3) is 0 Å². The summed E-state index contributed by atoms with van der Waals surface area (Å²) in [5.74, 6) is 0.697. The standard InChI is InChI=1S/C32H46Cl2N4/c1-23(2)11-7-12-24(3)13-8-14-25(4)15-9-16-26(5)17-10-18-27(6)37-28-21-29(33)31(30(34)22-28)38-32-35-19-20-36-32/h11,13,15,17,21-22H,7-10,12,14,16,18-20H2,1-6H3,(H2,35,36,38)/b24-13+,25-15+,26-17+,37-27-. The van der Waals surface area contributed by atoms with Crippen LogP contribution in [0.5, 0.6) is 0 Å². The molecule has 0 amide bonds. The first-order valence-electron chi connectivity index (χ1n) is 13.8. The van der Waals surface area contributed by atoms with E-state index in [2.05, 4.69) is 81.5 Å². The third kappa shape index (κ3) is 13.0. The summed E-state index contributed by atoms with van der Waals surface area (Å²) in [6.45, 7) is 14.7. The van der Waals surface area contributed by atoms with Gasteiger partial charge >= 0.3 is 0 Å². The van der Waals surface area contributed by atoms with E-state index in [1.165, 1.54) is 28.7 Å². The number of guanidine groups is 1. The minimum Gasteiger partial charge on any atom is -0.354 e. The monoisotopic (exact) mass is 556 g/mol. The van der Waals surface area contributed by atoms with Crippen molar-refractivity contribution >= 4 is 46.2 Å². The largest absolute Gasteiger partial charge is 0.354 e. The van der Waals surface area contributed by atoms with Crippen molar-refractivity contribution in [3.8, 4) is 0 Å². The van der Waals surface area contributed by atoms with Gasteiger partial charge in [-0.2, -0.15) is 0 Å². The van der Waals surface area contributed by atoms with Gasteiger partial charge < -0.3 is 10.6 Å². The first kappa shape index (κ1) is 31.9. The molecule has 0 radical (unpaired) electrons. The van der Waals surface area contributed by atoms with E-state index < -0.39 is 0 Å². The second-order valence-corrected chi connectivity index (χ2v) is 11.3. The molecule has 0 bridgehead atoms. The summed E-state index contributed by atoms with van der Waals surface area (Å²) < 4.78 is 0. The molecule has 1 aliphatic rings. The zero-order valence-corrected chi connectivity index (χ0v) is 25.7. The normalized spacial score (nSPS) is 14.9. The molecule has 1 aromatic carbocycles. The number of hydrogen-bond donors (Lipinski definition) is 2.